The van der Waals surface area contributed by atoms with E-state index in [9.17, 15) is 9.59 Å². The van der Waals surface area contributed by atoms with Crippen LogP contribution in [-0.2, 0) is 4.79 Å². The molecule has 0 aliphatic carbocycles. The van der Waals surface area contributed by atoms with Crippen LogP contribution in [0, 0.1) is 12.3 Å². The van der Waals surface area contributed by atoms with Crippen molar-refractivity contribution >= 4 is 12.0 Å². The van der Waals surface area contributed by atoms with Crippen molar-refractivity contribution in [2.75, 3.05) is 13.1 Å². The minimum absolute atomic E-state index is 0.290. The molecule has 1 fully saturated rings. The van der Waals surface area contributed by atoms with Gasteiger partial charge in [-0.3, -0.25) is 0 Å². The van der Waals surface area contributed by atoms with Gasteiger partial charge < -0.3 is 15.3 Å². The first kappa shape index (κ1) is 14.4. The van der Waals surface area contributed by atoms with E-state index >= 15 is 0 Å². The fourth-order valence-electron chi connectivity index (χ4n) is 2.10. The van der Waals surface area contributed by atoms with Crippen LogP contribution in [0.15, 0.2) is 0 Å². The van der Waals surface area contributed by atoms with Gasteiger partial charge in [0.05, 0.1) is 0 Å². The van der Waals surface area contributed by atoms with Crippen LogP contribution in [0.2, 0.25) is 0 Å². The van der Waals surface area contributed by atoms with Gasteiger partial charge in [-0.1, -0.05) is 12.8 Å². The first-order chi connectivity index (χ1) is 8.66. The third-order valence-electron chi connectivity index (χ3n) is 3.07. The highest BCUT2D eigenvalue weighted by Gasteiger charge is 2.30. The summed E-state index contributed by atoms with van der Waals surface area (Å²) in [6.45, 7) is 1.00. The molecular weight excluding hydrogens is 232 g/mol. The number of carbonyl (C=O) groups excluding carboxylic acids is 1. The number of hydrogen-bond acceptors (Lipinski definition) is 2. The zero-order valence-corrected chi connectivity index (χ0v) is 10.5. The Hall–Kier alpha value is -1.70. The van der Waals surface area contributed by atoms with Gasteiger partial charge in [0.25, 0.3) is 0 Å². The number of aliphatic carboxylic acids is 1. The molecule has 1 heterocycles. The number of terminal acetylenes is 1. The molecule has 2 N–H and O–H groups in total. The Labute approximate surface area is 108 Å². The van der Waals surface area contributed by atoms with Crippen LogP contribution in [-0.4, -0.2) is 41.1 Å². The molecule has 1 atom stereocenters. The fraction of sp³-hybridized carbons (Fsp3) is 0.692. The van der Waals surface area contributed by atoms with Crippen molar-refractivity contribution in [3.63, 3.8) is 0 Å². The molecule has 0 spiro atoms. The van der Waals surface area contributed by atoms with Gasteiger partial charge in [-0.2, -0.15) is 0 Å². The number of unbranched alkanes of at least 4 members (excludes halogenated alkanes) is 1. The molecule has 1 aliphatic rings. The van der Waals surface area contributed by atoms with Gasteiger partial charge in [-0.25, -0.2) is 9.59 Å². The molecule has 1 rings (SSSR count). The molecule has 1 unspecified atom stereocenters. The van der Waals surface area contributed by atoms with Crippen molar-refractivity contribution in [1.82, 2.24) is 10.2 Å². The highest BCUT2D eigenvalue weighted by atomic mass is 16.4. The van der Waals surface area contributed by atoms with E-state index in [0.29, 0.717) is 32.4 Å². The van der Waals surface area contributed by atoms with Crippen LogP contribution in [0.1, 0.15) is 38.5 Å². The Morgan fingerprint density at radius 2 is 2.17 bits per heavy atom. The Kier molecular flexibility index (Phi) is 6.06. The van der Waals surface area contributed by atoms with Crippen LogP contribution in [0.5, 0.6) is 0 Å². The van der Waals surface area contributed by atoms with Gasteiger partial charge in [0.1, 0.15) is 6.04 Å². The van der Waals surface area contributed by atoms with Crippen molar-refractivity contribution in [2.45, 2.75) is 44.6 Å². The summed E-state index contributed by atoms with van der Waals surface area (Å²) in [4.78, 5) is 24.5. The number of carboxylic acid groups (broad SMARTS) is 1. The predicted octanol–water partition coefficient (Wildman–Crippen LogP) is 1.44. The summed E-state index contributed by atoms with van der Waals surface area (Å²) < 4.78 is 0. The average Bonchev–Trinajstić information content (AvgIpc) is 2.59. The molecule has 100 valence electrons. The molecule has 5 heteroatoms. The SMILES string of the molecule is C#CCCCNC(=O)N1CCCCCC1C(=O)O. The molecular formula is C13H20N2O3. The number of rotatable bonds is 4. The third-order valence-corrected chi connectivity index (χ3v) is 3.07. The summed E-state index contributed by atoms with van der Waals surface area (Å²) in [6, 6.07) is -0.985. The number of carbonyl (C=O) groups is 2. The summed E-state index contributed by atoms with van der Waals surface area (Å²) in [6.07, 6.45) is 9.68. The van der Waals surface area contributed by atoms with E-state index in [1.807, 2.05) is 0 Å². The van der Waals surface area contributed by atoms with E-state index in [-0.39, 0.29) is 6.03 Å². The number of amides is 2. The van der Waals surface area contributed by atoms with Gasteiger partial charge in [0.15, 0.2) is 0 Å². The first-order valence-electron chi connectivity index (χ1n) is 6.37. The normalized spacial score (nSPS) is 19.7. The number of hydrogen-bond donors (Lipinski definition) is 2. The third kappa shape index (κ3) is 4.28. The second-order valence-corrected chi connectivity index (χ2v) is 4.44. The lowest BCUT2D eigenvalue weighted by molar-refractivity contribution is -0.142. The van der Waals surface area contributed by atoms with Crippen molar-refractivity contribution in [3.8, 4) is 12.3 Å². The summed E-state index contributed by atoms with van der Waals surface area (Å²) in [5.74, 6) is 1.58. The predicted molar refractivity (Wildman–Crippen MR) is 68.1 cm³/mol. The van der Waals surface area contributed by atoms with Crippen molar-refractivity contribution < 1.29 is 14.7 Å². The molecule has 0 aromatic heterocycles. The number of nitrogens with one attached hydrogen (secondary N) is 1. The quantitative estimate of drug-likeness (QED) is 0.587. The lowest BCUT2D eigenvalue weighted by Crippen LogP contribution is -2.49. The maximum absolute atomic E-state index is 11.9. The smallest absolute Gasteiger partial charge is 0.326 e. The summed E-state index contributed by atoms with van der Waals surface area (Å²) in [7, 11) is 0. The highest BCUT2D eigenvalue weighted by Crippen LogP contribution is 2.17. The molecule has 5 nitrogen and oxygen atoms in total. The van der Waals surface area contributed by atoms with E-state index in [0.717, 1.165) is 19.3 Å². The lowest BCUT2D eigenvalue weighted by atomic mass is 10.1. The minimum atomic E-state index is -0.921. The maximum atomic E-state index is 11.9. The second-order valence-electron chi connectivity index (χ2n) is 4.44. The molecule has 0 aromatic rings. The van der Waals surface area contributed by atoms with Crippen LogP contribution < -0.4 is 5.32 Å². The number of likely N-dealkylation sites (tertiary alicyclic amines) is 1. The van der Waals surface area contributed by atoms with Crippen LogP contribution in [0.3, 0.4) is 0 Å². The van der Waals surface area contributed by atoms with Crippen molar-refractivity contribution in [1.29, 1.82) is 0 Å². The molecule has 0 bridgehead atoms. The van der Waals surface area contributed by atoms with Gasteiger partial charge in [-0.15, -0.1) is 12.3 Å². The van der Waals surface area contributed by atoms with Gasteiger partial charge in [-0.05, 0) is 19.3 Å². The minimum Gasteiger partial charge on any atom is -0.480 e. The molecule has 18 heavy (non-hydrogen) atoms. The molecule has 1 aliphatic heterocycles. The Balaban J connectivity index is 2.51. The topological polar surface area (TPSA) is 69.6 Å². The van der Waals surface area contributed by atoms with Gasteiger partial charge in [0, 0.05) is 19.5 Å². The summed E-state index contributed by atoms with van der Waals surface area (Å²) in [5.41, 5.74) is 0. The van der Waals surface area contributed by atoms with Crippen LogP contribution in [0.25, 0.3) is 0 Å². The number of carboxylic acids is 1. The zero-order chi connectivity index (χ0) is 13.4. The lowest BCUT2D eigenvalue weighted by Gasteiger charge is -2.27. The van der Waals surface area contributed by atoms with E-state index < -0.39 is 12.0 Å². The summed E-state index contributed by atoms with van der Waals surface area (Å²) in [5, 5.41) is 11.9. The Morgan fingerprint density at radius 1 is 1.39 bits per heavy atom. The van der Waals surface area contributed by atoms with E-state index in [2.05, 4.69) is 11.2 Å². The first-order valence-corrected chi connectivity index (χ1v) is 6.37. The fourth-order valence-corrected chi connectivity index (χ4v) is 2.10. The number of urea groups is 1. The molecule has 0 aromatic carbocycles. The molecule has 0 saturated carbocycles. The average molecular weight is 252 g/mol. The standard InChI is InChI=1S/C13H20N2O3/c1-2-3-6-9-14-13(18)15-10-7-4-5-8-11(15)12(16)17/h1,11H,3-10H2,(H,14,18)(H,16,17). The van der Waals surface area contributed by atoms with Crippen molar-refractivity contribution in [3.05, 3.63) is 0 Å². The molecule has 2 amide bonds. The monoisotopic (exact) mass is 252 g/mol. The zero-order valence-electron chi connectivity index (χ0n) is 10.5. The van der Waals surface area contributed by atoms with Gasteiger partial charge in [0.2, 0.25) is 0 Å². The second kappa shape index (κ2) is 7.59. The largest absolute Gasteiger partial charge is 0.480 e. The summed E-state index contributed by atoms with van der Waals surface area (Å²) >= 11 is 0. The highest BCUT2D eigenvalue weighted by molar-refractivity contribution is 5.82. The van der Waals surface area contributed by atoms with Crippen LogP contribution in [0.4, 0.5) is 4.79 Å². The number of nitrogens with zero attached hydrogens (tertiary/aromatic N) is 1. The maximum Gasteiger partial charge on any atom is 0.326 e. The molecule has 1 saturated heterocycles. The van der Waals surface area contributed by atoms with E-state index in [1.54, 1.807) is 0 Å². The van der Waals surface area contributed by atoms with Crippen LogP contribution >= 0.6 is 0 Å². The van der Waals surface area contributed by atoms with E-state index in [1.165, 1.54) is 4.90 Å². The van der Waals surface area contributed by atoms with E-state index in [4.69, 9.17) is 11.5 Å². The van der Waals surface area contributed by atoms with Crippen molar-refractivity contribution in [2.24, 2.45) is 0 Å². The van der Waals surface area contributed by atoms with Gasteiger partial charge >= 0.3 is 12.0 Å². The molecule has 0 radical (unpaired) electrons. The Morgan fingerprint density at radius 3 is 2.83 bits per heavy atom. The Bertz CT molecular complexity index is 336.